The van der Waals surface area contributed by atoms with E-state index in [2.05, 4.69) is 39.2 Å². The lowest BCUT2D eigenvalue weighted by Crippen LogP contribution is -2.53. The molecule has 4 aromatic rings. The van der Waals surface area contributed by atoms with Crippen LogP contribution in [-0.2, 0) is 7.05 Å². The highest BCUT2D eigenvalue weighted by Crippen LogP contribution is 2.37. The quantitative estimate of drug-likeness (QED) is 0.454. The van der Waals surface area contributed by atoms with Crippen LogP contribution >= 0.6 is 0 Å². The van der Waals surface area contributed by atoms with E-state index in [0.29, 0.717) is 23.7 Å². The van der Waals surface area contributed by atoms with E-state index in [4.69, 9.17) is 14.7 Å². The number of aromatic nitrogens is 6. The Labute approximate surface area is 199 Å². The minimum Gasteiger partial charge on any atom is -0.492 e. The molecule has 0 bridgehead atoms. The normalized spacial score (nSPS) is 14.8. The number of nitrogens with zero attached hydrogens (tertiary/aromatic N) is 7. The van der Waals surface area contributed by atoms with Gasteiger partial charge in [-0.2, -0.15) is 0 Å². The Morgan fingerprint density at radius 2 is 1.88 bits per heavy atom. The molecule has 176 valence electrons. The van der Waals surface area contributed by atoms with Gasteiger partial charge in [0.2, 0.25) is 5.95 Å². The van der Waals surface area contributed by atoms with Crippen molar-refractivity contribution in [3.8, 4) is 17.1 Å². The summed E-state index contributed by atoms with van der Waals surface area (Å²) in [6.07, 6.45) is 1.85. The first-order valence-electron chi connectivity index (χ1n) is 11.5. The van der Waals surface area contributed by atoms with Crippen LogP contribution in [0, 0.1) is 19.3 Å². The zero-order chi connectivity index (χ0) is 24.0. The van der Waals surface area contributed by atoms with E-state index >= 15 is 0 Å². The lowest BCUT2D eigenvalue weighted by Gasteiger charge is -2.46. The van der Waals surface area contributed by atoms with Crippen molar-refractivity contribution in [2.45, 2.75) is 34.6 Å². The van der Waals surface area contributed by atoms with Crippen LogP contribution in [0.3, 0.4) is 0 Å². The van der Waals surface area contributed by atoms with E-state index in [1.807, 2.05) is 62.8 Å². The largest absolute Gasteiger partial charge is 0.492 e. The van der Waals surface area contributed by atoms with Crippen molar-refractivity contribution in [3.05, 3.63) is 42.0 Å². The van der Waals surface area contributed by atoms with E-state index in [0.717, 1.165) is 58.4 Å². The van der Waals surface area contributed by atoms with Crippen molar-refractivity contribution in [1.82, 2.24) is 29.7 Å². The highest BCUT2D eigenvalue weighted by atomic mass is 16.5. The molecule has 3 aromatic heterocycles. The molecule has 5 rings (SSSR count). The van der Waals surface area contributed by atoms with Crippen LogP contribution in [0.5, 0.6) is 5.75 Å². The van der Waals surface area contributed by atoms with Crippen LogP contribution in [0.4, 0.5) is 17.5 Å². The van der Waals surface area contributed by atoms with Crippen molar-refractivity contribution in [1.29, 1.82) is 0 Å². The van der Waals surface area contributed by atoms with Gasteiger partial charge in [-0.05, 0) is 50.5 Å². The third-order valence-corrected chi connectivity index (χ3v) is 6.09. The Bertz CT molecular complexity index is 1370. The molecule has 0 aliphatic carbocycles. The van der Waals surface area contributed by atoms with Crippen LogP contribution < -0.4 is 15.0 Å². The smallest absolute Gasteiger partial charge is 0.227 e. The summed E-state index contributed by atoms with van der Waals surface area (Å²) >= 11 is 0. The van der Waals surface area contributed by atoms with Gasteiger partial charge in [0.15, 0.2) is 11.6 Å². The molecule has 0 saturated carbocycles. The zero-order valence-corrected chi connectivity index (χ0v) is 20.5. The van der Waals surface area contributed by atoms with Crippen molar-refractivity contribution in [2.24, 2.45) is 12.5 Å². The monoisotopic (exact) mass is 458 g/mol. The maximum absolute atomic E-state index is 5.94. The number of nitrogens with one attached hydrogen (secondary N) is 1. The van der Waals surface area contributed by atoms with Gasteiger partial charge in [-0.3, -0.25) is 0 Å². The van der Waals surface area contributed by atoms with E-state index < -0.39 is 0 Å². The number of fused-ring (bicyclic) bond motifs is 1. The summed E-state index contributed by atoms with van der Waals surface area (Å²) < 4.78 is 7.89. The molecule has 1 aliphatic rings. The third-order valence-electron chi connectivity index (χ3n) is 6.09. The fourth-order valence-corrected chi connectivity index (χ4v) is 4.39. The standard InChI is InChI=1S/C25H30N8O/c1-7-34-20-11-17(22-31-30-16(3)32(22)6)8-9-19(20)28-24-26-12-18-10-15(2)27-23(21(18)29-24)33-13-25(4,5)14-33/h8-12H,7,13-14H2,1-6H3,(H,26,28,29). The molecule has 34 heavy (non-hydrogen) atoms. The predicted octanol–water partition coefficient (Wildman–Crippen LogP) is 4.43. The molecule has 0 atom stereocenters. The van der Waals surface area contributed by atoms with Gasteiger partial charge in [0.1, 0.15) is 17.1 Å². The van der Waals surface area contributed by atoms with Gasteiger partial charge < -0.3 is 19.5 Å². The Balaban J connectivity index is 1.50. The fraction of sp³-hybridized carbons (Fsp3) is 0.400. The predicted molar refractivity (Wildman–Crippen MR) is 134 cm³/mol. The number of anilines is 3. The number of ether oxygens (including phenoxy) is 1. The van der Waals surface area contributed by atoms with Crippen molar-refractivity contribution >= 4 is 28.4 Å². The molecule has 1 aromatic carbocycles. The summed E-state index contributed by atoms with van der Waals surface area (Å²) in [6, 6.07) is 7.95. The number of aryl methyl sites for hydroxylation is 2. The van der Waals surface area contributed by atoms with Crippen molar-refractivity contribution < 1.29 is 4.74 Å². The first-order chi connectivity index (χ1) is 16.2. The maximum Gasteiger partial charge on any atom is 0.227 e. The van der Waals surface area contributed by atoms with Gasteiger partial charge in [-0.15, -0.1) is 10.2 Å². The second-order valence-electron chi connectivity index (χ2n) is 9.64. The van der Waals surface area contributed by atoms with Crippen molar-refractivity contribution in [2.75, 3.05) is 29.9 Å². The zero-order valence-electron chi connectivity index (χ0n) is 20.5. The molecule has 1 fully saturated rings. The molecule has 0 amide bonds. The molecule has 1 saturated heterocycles. The summed E-state index contributed by atoms with van der Waals surface area (Å²) in [6.45, 7) is 12.9. The minimum atomic E-state index is 0.293. The summed E-state index contributed by atoms with van der Waals surface area (Å²) in [7, 11) is 1.95. The molecular weight excluding hydrogens is 428 g/mol. The number of hydrogen-bond acceptors (Lipinski definition) is 8. The first kappa shape index (κ1) is 22.1. The Hall–Kier alpha value is -3.75. The van der Waals surface area contributed by atoms with E-state index in [1.165, 1.54) is 0 Å². The van der Waals surface area contributed by atoms with Crippen LogP contribution in [-0.4, -0.2) is 49.4 Å². The van der Waals surface area contributed by atoms with Gasteiger partial charge in [0, 0.05) is 43.0 Å². The Kier molecular flexibility index (Phi) is 5.34. The highest BCUT2D eigenvalue weighted by Gasteiger charge is 2.36. The highest BCUT2D eigenvalue weighted by molar-refractivity contribution is 5.90. The molecule has 9 heteroatoms. The molecule has 4 heterocycles. The van der Waals surface area contributed by atoms with E-state index in [1.54, 1.807) is 0 Å². The average molecular weight is 459 g/mol. The second kappa shape index (κ2) is 8.23. The van der Waals surface area contributed by atoms with Crippen LogP contribution in [0.15, 0.2) is 30.5 Å². The van der Waals surface area contributed by atoms with Crippen LogP contribution in [0.2, 0.25) is 0 Å². The SMILES string of the molecule is CCOc1cc(-c2nnc(C)n2C)ccc1Nc1ncc2cc(C)nc(N3CC(C)(C)C3)c2n1. The number of pyridine rings is 1. The topological polar surface area (TPSA) is 93.9 Å². The molecule has 1 aliphatic heterocycles. The lowest BCUT2D eigenvalue weighted by atomic mass is 9.84. The summed E-state index contributed by atoms with van der Waals surface area (Å²) in [5.41, 5.74) is 3.82. The van der Waals surface area contributed by atoms with Gasteiger partial charge >= 0.3 is 0 Å². The van der Waals surface area contributed by atoms with Gasteiger partial charge in [0.25, 0.3) is 0 Å². The van der Waals surface area contributed by atoms with Crippen molar-refractivity contribution in [3.63, 3.8) is 0 Å². The average Bonchev–Trinajstić information content (AvgIpc) is 3.11. The van der Waals surface area contributed by atoms with Gasteiger partial charge in [0.05, 0.1) is 12.3 Å². The fourth-order valence-electron chi connectivity index (χ4n) is 4.39. The number of benzene rings is 1. The summed E-state index contributed by atoms with van der Waals surface area (Å²) in [5, 5.41) is 12.8. The molecule has 1 N–H and O–H groups in total. The molecular formula is C25H30N8O. The van der Waals surface area contributed by atoms with E-state index in [9.17, 15) is 0 Å². The second-order valence-corrected chi connectivity index (χ2v) is 9.64. The van der Waals surface area contributed by atoms with Crippen LogP contribution in [0.1, 0.15) is 32.3 Å². The summed E-state index contributed by atoms with van der Waals surface area (Å²) in [4.78, 5) is 16.5. The first-order valence-corrected chi connectivity index (χ1v) is 11.5. The molecule has 0 spiro atoms. The molecule has 0 radical (unpaired) electrons. The van der Waals surface area contributed by atoms with Crippen LogP contribution in [0.25, 0.3) is 22.3 Å². The maximum atomic E-state index is 5.94. The van der Waals surface area contributed by atoms with E-state index in [-0.39, 0.29) is 0 Å². The van der Waals surface area contributed by atoms with Gasteiger partial charge in [-0.25, -0.2) is 15.0 Å². The minimum absolute atomic E-state index is 0.293. The Morgan fingerprint density at radius 1 is 1.09 bits per heavy atom. The summed E-state index contributed by atoms with van der Waals surface area (Å²) in [5.74, 6) is 3.76. The number of rotatable bonds is 6. The van der Waals surface area contributed by atoms with Gasteiger partial charge in [-0.1, -0.05) is 13.8 Å². The molecule has 9 nitrogen and oxygen atoms in total. The lowest BCUT2D eigenvalue weighted by molar-refractivity contribution is 0.275. The number of hydrogen-bond donors (Lipinski definition) is 1. The third kappa shape index (κ3) is 4.02. The molecule has 0 unspecified atom stereocenters. The Morgan fingerprint density at radius 3 is 2.56 bits per heavy atom.